The van der Waals surface area contributed by atoms with Gasteiger partial charge in [0.2, 0.25) is 82.7 Å². The average Bonchev–Trinajstić information content (AvgIpc) is 1.62. The van der Waals surface area contributed by atoms with Crippen molar-refractivity contribution >= 4 is 135 Å². The number of esters is 1. The van der Waals surface area contributed by atoms with E-state index in [2.05, 4.69) is 52.8 Å². The summed E-state index contributed by atoms with van der Waals surface area (Å²) in [5.41, 5.74) is 18.1. The summed E-state index contributed by atoms with van der Waals surface area (Å²) in [5, 5.41) is 78.3. The minimum Gasteiger partial charge on any atom is -0.481 e. The second kappa shape index (κ2) is 45.6. The van der Waals surface area contributed by atoms with Gasteiger partial charge in [0.05, 0.1) is 63.8 Å². The number of nitrogens with one attached hydrogen (secondary N) is 14. The van der Waals surface area contributed by atoms with Crippen LogP contribution < -0.4 is 86.3 Å². The number of H-pyrrole nitrogens is 1. The number of nitrogens with two attached hydrogens (primary N) is 3. The van der Waals surface area contributed by atoms with Crippen molar-refractivity contribution in [3.8, 4) is 11.1 Å². The molecule has 13 unspecified atom stereocenters. The maximum absolute atomic E-state index is 14.9. The second-order valence-electron chi connectivity index (χ2n) is 28.3. The SMILES string of the molecule is CC1NC(=O)C(CC(=O)O)NC(=O)C(CCCN)NC(=O)CNC(=O)C(NC(=O)C(CC(=O)O)NC(=O)C(CC(N)=O)NC(=O)C(Cc2c[nH]c3ccccc23)NC(=O)Cc2ccc(-c3ccc(C(F)(F)F)cc3)cc2)C(C)OC(=O)C(CC(=O)c2ccccc2N)NC(=O)C(C(C)CC(=O)O)NC(=O)C(CO)NC(=O)CNC(=O)C(CC(=O)O)NC1=O. The predicted octanol–water partition coefficient (Wildman–Crippen LogP) is -4.83. The van der Waals surface area contributed by atoms with E-state index in [1.54, 1.807) is 24.3 Å². The number of Topliss-reactive ketones (excluding diaryl/α,β-unsaturated/α-hetero) is 1. The standard InChI is InChI=1S/C77H92F3N17O26/c1-35(23-60(104)105)64-75(121)95-53(26-55(99)44-10-4-6-11-45(44)82)76(122)123-37(3)65(74(120)86-33-58(102)88-47(13-8-22-81)68(114)93-51(29-62(108)109)69(115)87-36(2)66(112)91-50(28-61(106)107)67(113)85-32-59(103)90-54(34-98)73(119)96-64)97-72(118)52(30-63(110)111)94-71(117)49(27-56(83)100)92-70(116)48(25-41-31-84-46-12-7-5-9-43(41)46)89-57(101)24-38-14-16-39(17-15-38)40-18-20-42(21-19-40)77(78,79)80/h4-7,9-12,14-21,31,35-37,47-54,64-65,84,98H,8,13,22-30,32-34,81-82H2,1-3H3,(H2,83,100)(H,85,113)(H,86,120)(H,87,115)(H,88,102)(H,89,101)(H,90,103)(H,91,112)(H,92,116)(H,93,114)(H,94,117)(H,95,121)(H,96,119)(H,97,118)(H,104,105)(H,106,107)(H,108,109)(H,110,111). The first-order chi connectivity index (χ1) is 57.9. The number of ketones is 1. The average molecular weight is 1730 g/mol. The Hall–Kier alpha value is -14.5. The van der Waals surface area contributed by atoms with Crippen LogP contribution >= 0.6 is 0 Å². The fraction of sp³-hybridized carbons (Fsp3) is 0.403. The normalized spacial score (nSPS) is 20.7. The molecule has 1 saturated heterocycles. The van der Waals surface area contributed by atoms with E-state index in [1.165, 1.54) is 66.9 Å². The van der Waals surface area contributed by atoms with Crippen molar-refractivity contribution in [2.24, 2.45) is 17.4 Å². The summed E-state index contributed by atoms with van der Waals surface area (Å²) in [6.07, 6.45) is -13.9. The number of carboxylic acids is 4. The number of primary amides is 1. The number of amides is 14. The van der Waals surface area contributed by atoms with Crippen molar-refractivity contribution in [1.29, 1.82) is 0 Å². The number of nitrogen functional groups attached to an aromatic ring is 1. The van der Waals surface area contributed by atoms with E-state index in [-0.39, 0.29) is 30.6 Å². The van der Waals surface area contributed by atoms with Gasteiger partial charge in [-0.15, -0.1) is 0 Å². The molecule has 0 spiro atoms. The molecule has 0 aliphatic carbocycles. The first-order valence-electron chi connectivity index (χ1n) is 37.7. The highest BCUT2D eigenvalue weighted by atomic mass is 19.4. The summed E-state index contributed by atoms with van der Waals surface area (Å²) < 4.78 is 45.6. The molecule has 13 atom stereocenters. The Morgan fingerprint density at radius 3 is 1.66 bits per heavy atom. The fourth-order valence-corrected chi connectivity index (χ4v) is 12.3. The number of benzene rings is 4. The maximum atomic E-state index is 14.9. The molecule has 2 heterocycles. The van der Waals surface area contributed by atoms with E-state index in [9.17, 15) is 135 Å². The van der Waals surface area contributed by atoms with Gasteiger partial charge in [-0.1, -0.05) is 73.7 Å². The molecule has 1 aromatic heterocycles. The first-order valence-corrected chi connectivity index (χ1v) is 37.7. The van der Waals surface area contributed by atoms with Gasteiger partial charge < -0.3 is 122 Å². The zero-order valence-electron chi connectivity index (χ0n) is 65.9. The Morgan fingerprint density at radius 1 is 0.553 bits per heavy atom. The van der Waals surface area contributed by atoms with Crippen molar-refractivity contribution in [2.45, 2.75) is 164 Å². The second-order valence-corrected chi connectivity index (χ2v) is 28.3. The van der Waals surface area contributed by atoms with Crippen LogP contribution in [0.4, 0.5) is 18.9 Å². The highest BCUT2D eigenvalue weighted by Gasteiger charge is 2.42. The molecule has 43 nitrogen and oxygen atoms in total. The molecule has 1 aliphatic rings. The van der Waals surface area contributed by atoms with Gasteiger partial charge in [-0.25, -0.2) is 4.79 Å². The van der Waals surface area contributed by atoms with Gasteiger partial charge in [0.1, 0.15) is 72.6 Å². The van der Waals surface area contributed by atoms with Gasteiger partial charge in [-0.2, -0.15) is 13.2 Å². The number of alkyl halides is 3. The molecule has 662 valence electrons. The number of cyclic esters (lactones) is 1. The van der Waals surface area contributed by atoms with Crippen LogP contribution in [0.25, 0.3) is 22.0 Å². The van der Waals surface area contributed by atoms with Gasteiger partial charge in [0, 0.05) is 41.2 Å². The van der Waals surface area contributed by atoms with E-state index < -0.39 is 280 Å². The molecular formula is C77H92F3N17O26. The molecule has 1 aliphatic heterocycles. The molecule has 0 radical (unpaired) electrons. The molecule has 25 N–H and O–H groups in total. The number of aromatic nitrogens is 1. The van der Waals surface area contributed by atoms with Gasteiger partial charge in [-0.3, -0.25) is 91.1 Å². The smallest absolute Gasteiger partial charge is 0.416 e. The van der Waals surface area contributed by atoms with Crippen LogP contribution in [-0.2, 0) is 115 Å². The highest BCUT2D eigenvalue weighted by molar-refractivity contribution is 6.05. The zero-order chi connectivity index (χ0) is 91.3. The number of hydrogen-bond donors (Lipinski definition) is 22. The summed E-state index contributed by atoms with van der Waals surface area (Å²) in [5.74, 6) is -30.8. The molecule has 123 heavy (non-hydrogen) atoms. The Morgan fingerprint density at radius 2 is 1.08 bits per heavy atom. The molecule has 6 rings (SSSR count). The van der Waals surface area contributed by atoms with Crippen LogP contribution in [0.1, 0.15) is 99.2 Å². The van der Waals surface area contributed by atoms with Gasteiger partial charge >= 0.3 is 36.0 Å². The van der Waals surface area contributed by atoms with E-state index in [0.717, 1.165) is 32.9 Å². The molecule has 0 saturated carbocycles. The monoisotopic (exact) mass is 1730 g/mol. The molecule has 0 bridgehead atoms. The van der Waals surface area contributed by atoms with E-state index >= 15 is 0 Å². The number of carboxylic acid groups (broad SMARTS) is 4. The number of fused-ring (bicyclic) bond motifs is 1. The number of carbonyl (C=O) groups excluding carboxylic acids is 16. The van der Waals surface area contributed by atoms with Crippen LogP contribution in [0.15, 0.2) is 103 Å². The van der Waals surface area contributed by atoms with E-state index in [4.69, 9.17) is 21.9 Å². The summed E-state index contributed by atoms with van der Waals surface area (Å²) in [6, 6.07) is -1.21. The van der Waals surface area contributed by atoms with E-state index in [0.29, 0.717) is 33.2 Å². The lowest BCUT2D eigenvalue weighted by atomic mass is 9.96. The number of hydrogen-bond acceptors (Lipinski definition) is 24. The van der Waals surface area contributed by atoms with Crippen LogP contribution in [0.2, 0.25) is 0 Å². The van der Waals surface area contributed by atoms with E-state index in [1.807, 2.05) is 21.3 Å². The number of halogens is 3. The quantitative estimate of drug-likeness (QED) is 0.0116. The largest absolute Gasteiger partial charge is 0.481 e. The third kappa shape index (κ3) is 30.4. The minimum absolute atomic E-state index is 0.120. The molecule has 46 heteroatoms. The molecule has 1 fully saturated rings. The zero-order valence-corrected chi connectivity index (χ0v) is 65.9. The van der Waals surface area contributed by atoms with Crippen molar-refractivity contribution in [3.05, 3.63) is 126 Å². The van der Waals surface area contributed by atoms with Crippen molar-refractivity contribution in [1.82, 2.24) is 74.1 Å². The third-order valence-corrected chi connectivity index (χ3v) is 18.7. The number of aliphatic hydroxyl groups is 1. The summed E-state index contributed by atoms with van der Waals surface area (Å²) >= 11 is 0. The number of aliphatic hydroxyl groups excluding tert-OH is 1. The molecule has 5 aromatic rings. The molecule has 4 aromatic carbocycles. The number of carbonyl (C=O) groups is 20. The number of rotatable bonds is 30. The van der Waals surface area contributed by atoms with Gasteiger partial charge in [0.25, 0.3) is 0 Å². The minimum atomic E-state index is -4.60. The lowest BCUT2D eigenvalue weighted by Crippen LogP contribution is -2.62. The molecular weight excluding hydrogens is 1640 g/mol. The van der Waals surface area contributed by atoms with Crippen LogP contribution in [-0.4, -0.2) is 248 Å². The number of anilines is 1. The lowest BCUT2D eigenvalue weighted by molar-refractivity contribution is -0.156. The number of ether oxygens (including phenoxy) is 1. The third-order valence-electron chi connectivity index (χ3n) is 18.7. The van der Waals surface area contributed by atoms with Crippen LogP contribution in [0, 0.1) is 5.92 Å². The van der Waals surface area contributed by atoms with Crippen molar-refractivity contribution in [3.63, 3.8) is 0 Å². The fourth-order valence-electron chi connectivity index (χ4n) is 12.3. The Kier molecular flexibility index (Phi) is 36.1. The first kappa shape index (κ1) is 97.4. The Labute approximate surface area is 695 Å². The topological polar surface area (TPSA) is 702 Å². The Bertz CT molecular complexity index is 4800. The Balaban J connectivity index is 1.39. The summed E-state index contributed by atoms with van der Waals surface area (Å²) in [4.78, 5) is 277. The summed E-state index contributed by atoms with van der Waals surface area (Å²) in [7, 11) is 0. The maximum Gasteiger partial charge on any atom is 0.416 e. The molecule has 14 amide bonds. The number of aliphatic carboxylic acids is 4. The van der Waals surface area contributed by atoms with Crippen molar-refractivity contribution < 1.29 is 139 Å². The van der Waals surface area contributed by atoms with Gasteiger partial charge in [0.15, 0.2) is 5.78 Å². The number of aromatic amines is 1. The van der Waals surface area contributed by atoms with Gasteiger partial charge in [-0.05, 0) is 91.7 Å². The van der Waals surface area contributed by atoms with Crippen molar-refractivity contribution in [2.75, 3.05) is 32.0 Å². The number of para-hydroxylation sites is 2. The summed E-state index contributed by atoms with van der Waals surface area (Å²) in [6.45, 7) is -1.13. The van der Waals surface area contributed by atoms with Crippen LogP contribution in [0.3, 0.4) is 0 Å². The van der Waals surface area contributed by atoms with Crippen LogP contribution in [0.5, 0.6) is 0 Å². The highest BCUT2D eigenvalue weighted by Crippen LogP contribution is 2.31. The predicted molar refractivity (Wildman–Crippen MR) is 418 cm³/mol. The lowest BCUT2D eigenvalue weighted by Gasteiger charge is -2.30.